The van der Waals surface area contributed by atoms with E-state index in [1.807, 2.05) is 0 Å². The fourth-order valence-electron chi connectivity index (χ4n) is 2.47. The van der Waals surface area contributed by atoms with Crippen molar-refractivity contribution in [2.45, 2.75) is 0 Å². The Kier molecular flexibility index (Phi) is 5.69. The highest BCUT2D eigenvalue weighted by molar-refractivity contribution is 6.04. The average Bonchev–Trinajstić information content (AvgIpc) is 2.70. The lowest BCUT2D eigenvalue weighted by atomic mass is 10.2. The number of hydrogen-bond acceptors (Lipinski definition) is 5. The van der Waals surface area contributed by atoms with Crippen molar-refractivity contribution in [1.82, 2.24) is 4.98 Å². The highest BCUT2D eigenvalue weighted by atomic mass is 19.1. The van der Waals surface area contributed by atoms with Gasteiger partial charge in [0, 0.05) is 23.9 Å². The molecule has 8 heteroatoms. The largest absolute Gasteiger partial charge is 0.497 e. The van der Waals surface area contributed by atoms with Crippen LogP contribution in [-0.2, 0) is 0 Å². The molecule has 0 aliphatic rings. The van der Waals surface area contributed by atoms with E-state index in [1.54, 1.807) is 25.3 Å². The third kappa shape index (κ3) is 4.35. The Labute approximate surface area is 160 Å². The summed E-state index contributed by atoms with van der Waals surface area (Å²) in [6, 6.07) is 11.1. The minimum atomic E-state index is -0.858. The number of carbonyl (C=O) groups excluding carboxylic acids is 1. The number of pyridine rings is 1. The number of hydrogen-bond donors (Lipinski definition) is 2. The van der Waals surface area contributed by atoms with Gasteiger partial charge in [0.15, 0.2) is 0 Å². The maximum absolute atomic E-state index is 13.7. The zero-order valence-corrected chi connectivity index (χ0v) is 15.1. The van der Waals surface area contributed by atoms with E-state index in [1.165, 1.54) is 25.4 Å². The molecule has 3 aromatic rings. The van der Waals surface area contributed by atoms with E-state index in [0.29, 0.717) is 29.1 Å². The van der Waals surface area contributed by atoms with E-state index in [-0.39, 0.29) is 11.3 Å². The molecule has 0 aliphatic heterocycles. The molecule has 144 valence electrons. The first kappa shape index (κ1) is 19.1. The van der Waals surface area contributed by atoms with Gasteiger partial charge in [0.05, 0.1) is 25.6 Å². The molecule has 28 heavy (non-hydrogen) atoms. The first-order valence-electron chi connectivity index (χ1n) is 8.21. The summed E-state index contributed by atoms with van der Waals surface area (Å²) in [6.07, 6.45) is 1.44. The average molecular weight is 385 g/mol. The summed E-state index contributed by atoms with van der Waals surface area (Å²) in [7, 11) is 3.07. The number of methoxy groups -OCH3 is 2. The lowest BCUT2D eigenvalue weighted by Crippen LogP contribution is -2.13. The van der Waals surface area contributed by atoms with Gasteiger partial charge in [-0.2, -0.15) is 0 Å². The Balaban J connectivity index is 1.79. The fourth-order valence-corrected chi connectivity index (χ4v) is 2.47. The molecule has 0 atom stereocenters. The van der Waals surface area contributed by atoms with Crippen molar-refractivity contribution in [2.24, 2.45) is 0 Å². The first-order valence-corrected chi connectivity index (χ1v) is 8.21. The number of anilines is 3. The number of rotatable bonds is 6. The number of nitrogens with zero attached hydrogens (tertiary/aromatic N) is 1. The summed E-state index contributed by atoms with van der Waals surface area (Å²) in [5.74, 6) is -0.592. The van der Waals surface area contributed by atoms with Gasteiger partial charge in [-0.05, 0) is 36.4 Å². The van der Waals surface area contributed by atoms with Gasteiger partial charge in [0.2, 0.25) is 0 Å². The Morgan fingerprint density at radius 3 is 2.46 bits per heavy atom. The molecule has 2 aromatic carbocycles. The van der Waals surface area contributed by atoms with E-state index < -0.39 is 17.5 Å². The van der Waals surface area contributed by atoms with Crippen LogP contribution in [0.25, 0.3) is 0 Å². The second-order valence-electron chi connectivity index (χ2n) is 5.70. The molecule has 1 heterocycles. The summed E-state index contributed by atoms with van der Waals surface area (Å²) in [6.45, 7) is 0. The van der Waals surface area contributed by atoms with Crippen LogP contribution in [0.1, 0.15) is 10.4 Å². The zero-order chi connectivity index (χ0) is 20.1. The van der Waals surface area contributed by atoms with Crippen molar-refractivity contribution in [1.29, 1.82) is 0 Å². The summed E-state index contributed by atoms with van der Waals surface area (Å²) < 4.78 is 37.2. The first-order chi connectivity index (χ1) is 13.5. The predicted molar refractivity (Wildman–Crippen MR) is 101 cm³/mol. The van der Waals surface area contributed by atoms with Crippen molar-refractivity contribution in [3.63, 3.8) is 0 Å². The number of benzene rings is 2. The molecular formula is C20H17F2N3O3. The molecule has 0 bridgehead atoms. The third-order valence-electron chi connectivity index (χ3n) is 3.87. The monoisotopic (exact) mass is 385 g/mol. The van der Waals surface area contributed by atoms with Crippen LogP contribution in [-0.4, -0.2) is 25.1 Å². The SMILES string of the molecule is COc1ccc(Nc2cc(C(=O)Nc3ccc(F)cc3F)ccn2)c(OC)c1. The molecule has 0 radical (unpaired) electrons. The van der Waals surface area contributed by atoms with Gasteiger partial charge < -0.3 is 20.1 Å². The van der Waals surface area contributed by atoms with Gasteiger partial charge in [0.1, 0.15) is 29.0 Å². The highest BCUT2D eigenvalue weighted by Crippen LogP contribution is 2.31. The Morgan fingerprint density at radius 1 is 0.964 bits per heavy atom. The zero-order valence-electron chi connectivity index (χ0n) is 15.1. The Hall–Kier alpha value is -3.68. The van der Waals surface area contributed by atoms with E-state index in [9.17, 15) is 13.6 Å². The molecule has 0 aliphatic carbocycles. The van der Waals surface area contributed by atoms with Crippen molar-refractivity contribution < 1.29 is 23.0 Å². The maximum atomic E-state index is 13.7. The Bertz CT molecular complexity index is 1010. The molecule has 0 saturated carbocycles. The van der Waals surface area contributed by atoms with Crippen molar-refractivity contribution in [3.05, 3.63) is 71.9 Å². The fraction of sp³-hybridized carbons (Fsp3) is 0.100. The number of carbonyl (C=O) groups is 1. The molecule has 0 fully saturated rings. The van der Waals surface area contributed by atoms with Gasteiger partial charge >= 0.3 is 0 Å². The van der Waals surface area contributed by atoms with Crippen LogP contribution in [0.5, 0.6) is 11.5 Å². The Morgan fingerprint density at radius 2 is 1.75 bits per heavy atom. The number of aromatic nitrogens is 1. The second kappa shape index (κ2) is 8.34. The number of ether oxygens (including phenoxy) is 2. The molecule has 0 spiro atoms. The lowest BCUT2D eigenvalue weighted by molar-refractivity contribution is 0.102. The summed E-state index contributed by atoms with van der Waals surface area (Å²) >= 11 is 0. The molecule has 0 unspecified atom stereocenters. The van der Waals surface area contributed by atoms with Crippen molar-refractivity contribution in [2.75, 3.05) is 24.9 Å². The lowest BCUT2D eigenvalue weighted by Gasteiger charge is -2.13. The normalized spacial score (nSPS) is 10.3. The highest BCUT2D eigenvalue weighted by Gasteiger charge is 2.12. The van der Waals surface area contributed by atoms with Crippen LogP contribution < -0.4 is 20.1 Å². The van der Waals surface area contributed by atoms with Crippen LogP contribution >= 0.6 is 0 Å². The van der Waals surface area contributed by atoms with Crippen LogP contribution in [0.3, 0.4) is 0 Å². The molecule has 1 amide bonds. The predicted octanol–water partition coefficient (Wildman–Crippen LogP) is 4.37. The third-order valence-corrected chi connectivity index (χ3v) is 3.87. The van der Waals surface area contributed by atoms with Gasteiger partial charge in [0.25, 0.3) is 5.91 Å². The maximum Gasteiger partial charge on any atom is 0.255 e. The number of nitrogens with one attached hydrogen (secondary N) is 2. The summed E-state index contributed by atoms with van der Waals surface area (Å²) in [5.41, 5.74) is 0.751. The van der Waals surface area contributed by atoms with E-state index in [4.69, 9.17) is 9.47 Å². The molecule has 1 aromatic heterocycles. The number of halogens is 2. The van der Waals surface area contributed by atoms with E-state index in [2.05, 4.69) is 15.6 Å². The molecule has 2 N–H and O–H groups in total. The smallest absolute Gasteiger partial charge is 0.255 e. The standard InChI is InChI=1S/C20H17F2N3O3/c1-27-14-4-6-17(18(11-14)28-2)24-19-9-12(7-8-23-19)20(26)25-16-5-3-13(21)10-15(16)22/h3-11H,1-2H3,(H,23,24)(H,25,26). The summed E-state index contributed by atoms with van der Waals surface area (Å²) in [5, 5.41) is 5.46. The molecule has 3 rings (SSSR count). The van der Waals surface area contributed by atoms with Crippen LogP contribution in [0.15, 0.2) is 54.7 Å². The minimum Gasteiger partial charge on any atom is -0.497 e. The van der Waals surface area contributed by atoms with Crippen molar-refractivity contribution >= 4 is 23.1 Å². The summed E-state index contributed by atoms with van der Waals surface area (Å²) in [4.78, 5) is 16.6. The molecule has 6 nitrogen and oxygen atoms in total. The van der Waals surface area contributed by atoms with Crippen LogP contribution in [0.2, 0.25) is 0 Å². The van der Waals surface area contributed by atoms with E-state index >= 15 is 0 Å². The van der Waals surface area contributed by atoms with Gasteiger partial charge in [-0.1, -0.05) is 0 Å². The van der Waals surface area contributed by atoms with Gasteiger partial charge in [-0.15, -0.1) is 0 Å². The second-order valence-corrected chi connectivity index (χ2v) is 5.70. The van der Waals surface area contributed by atoms with Gasteiger partial charge in [-0.25, -0.2) is 13.8 Å². The van der Waals surface area contributed by atoms with Crippen LogP contribution in [0.4, 0.5) is 26.0 Å². The van der Waals surface area contributed by atoms with E-state index in [0.717, 1.165) is 12.1 Å². The topological polar surface area (TPSA) is 72.5 Å². The van der Waals surface area contributed by atoms with Crippen LogP contribution in [0, 0.1) is 11.6 Å². The molecular weight excluding hydrogens is 368 g/mol. The number of amides is 1. The van der Waals surface area contributed by atoms with Crippen molar-refractivity contribution in [3.8, 4) is 11.5 Å². The minimum absolute atomic E-state index is 0.116. The quantitative estimate of drug-likeness (QED) is 0.659. The molecule has 0 saturated heterocycles. The van der Waals surface area contributed by atoms with Gasteiger partial charge in [-0.3, -0.25) is 4.79 Å².